The van der Waals surface area contributed by atoms with Crippen molar-refractivity contribution in [3.8, 4) is 0 Å². The van der Waals surface area contributed by atoms with Gasteiger partial charge in [-0.1, -0.05) is 20.8 Å². The monoisotopic (exact) mass is 224 g/mol. The van der Waals surface area contributed by atoms with E-state index < -0.39 is 0 Å². The smallest absolute Gasteiger partial charge is 0.138 e. The third kappa shape index (κ3) is 3.59. The molecule has 0 saturated heterocycles. The zero-order valence-corrected chi connectivity index (χ0v) is 10.9. The Hall–Kier alpha value is -0.900. The molecule has 2 N–H and O–H groups in total. The van der Waals surface area contributed by atoms with E-state index in [-0.39, 0.29) is 11.5 Å². The summed E-state index contributed by atoms with van der Waals surface area (Å²) in [6, 6.07) is 0.255. The molecular formula is C12H24N4. The van der Waals surface area contributed by atoms with E-state index >= 15 is 0 Å². The van der Waals surface area contributed by atoms with Crippen molar-refractivity contribution in [3.05, 3.63) is 12.2 Å². The van der Waals surface area contributed by atoms with Crippen LogP contribution in [0.3, 0.4) is 0 Å². The Bertz CT molecular complexity index is 311. The lowest BCUT2D eigenvalue weighted by Crippen LogP contribution is -2.34. The van der Waals surface area contributed by atoms with Crippen LogP contribution in [0.15, 0.2) is 6.33 Å². The first kappa shape index (κ1) is 13.2. The van der Waals surface area contributed by atoms with Gasteiger partial charge in [0.15, 0.2) is 0 Å². The Labute approximate surface area is 98.2 Å². The first-order valence-corrected chi connectivity index (χ1v) is 6.07. The first-order valence-electron chi connectivity index (χ1n) is 6.07. The van der Waals surface area contributed by atoms with Gasteiger partial charge in [-0.3, -0.25) is 4.68 Å². The van der Waals surface area contributed by atoms with Gasteiger partial charge in [-0.25, -0.2) is 4.98 Å². The van der Waals surface area contributed by atoms with Crippen LogP contribution in [-0.4, -0.2) is 20.8 Å². The van der Waals surface area contributed by atoms with E-state index in [1.807, 2.05) is 4.68 Å². The van der Waals surface area contributed by atoms with E-state index in [0.29, 0.717) is 0 Å². The molecule has 1 aromatic heterocycles. The number of hydrogen-bond acceptors (Lipinski definition) is 3. The molecule has 0 radical (unpaired) electrons. The molecule has 0 aliphatic heterocycles. The van der Waals surface area contributed by atoms with E-state index in [0.717, 1.165) is 31.6 Å². The van der Waals surface area contributed by atoms with Gasteiger partial charge >= 0.3 is 0 Å². The molecule has 0 aromatic carbocycles. The van der Waals surface area contributed by atoms with Crippen molar-refractivity contribution >= 4 is 0 Å². The molecular weight excluding hydrogens is 200 g/mol. The fourth-order valence-electron chi connectivity index (χ4n) is 1.66. The van der Waals surface area contributed by atoms with Gasteiger partial charge in [0.05, 0.1) is 0 Å². The van der Waals surface area contributed by atoms with Crippen LogP contribution in [0.5, 0.6) is 0 Å². The lowest BCUT2D eigenvalue weighted by molar-refractivity contribution is 0.300. The van der Waals surface area contributed by atoms with Gasteiger partial charge in [-0.05, 0) is 25.2 Å². The van der Waals surface area contributed by atoms with Crippen molar-refractivity contribution < 1.29 is 0 Å². The summed E-state index contributed by atoms with van der Waals surface area (Å²) in [4.78, 5) is 4.26. The Morgan fingerprint density at radius 2 is 2.12 bits per heavy atom. The first-order chi connectivity index (χ1) is 7.45. The van der Waals surface area contributed by atoms with Crippen LogP contribution in [0.4, 0.5) is 0 Å². The summed E-state index contributed by atoms with van der Waals surface area (Å²) >= 11 is 0. The number of aromatic nitrogens is 3. The molecule has 1 rings (SSSR count). The van der Waals surface area contributed by atoms with Gasteiger partial charge in [0.2, 0.25) is 0 Å². The van der Waals surface area contributed by atoms with Crippen molar-refractivity contribution in [2.45, 2.75) is 59.5 Å². The lowest BCUT2D eigenvalue weighted by atomic mass is 9.84. The second-order valence-corrected chi connectivity index (χ2v) is 5.36. The highest BCUT2D eigenvalue weighted by Gasteiger charge is 2.19. The molecule has 4 heteroatoms. The molecule has 0 saturated carbocycles. The molecule has 1 atom stereocenters. The van der Waals surface area contributed by atoms with Crippen LogP contribution in [-0.2, 0) is 13.0 Å². The third-order valence-electron chi connectivity index (χ3n) is 3.02. The van der Waals surface area contributed by atoms with Crippen molar-refractivity contribution in [2.75, 3.05) is 0 Å². The summed E-state index contributed by atoms with van der Waals surface area (Å²) in [6.07, 6.45) is 4.72. The van der Waals surface area contributed by atoms with E-state index in [2.05, 4.69) is 37.8 Å². The maximum Gasteiger partial charge on any atom is 0.138 e. The quantitative estimate of drug-likeness (QED) is 0.832. The molecule has 1 heterocycles. The summed E-state index contributed by atoms with van der Waals surface area (Å²) in [5.74, 6) is 1.07. The van der Waals surface area contributed by atoms with Gasteiger partial charge in [0.25, 0.3) is 0 Å². The second kappa shape index (κ2) is 5.43. The van der Waals surface area contributed by atoms with E-state index in [4.69, 9.17) is 5.73 Å². The topological polar surface area (TPSA) is 56.7 Å². The van der Waals surface area contributed by atoms with Crippen LogP contribution in [0.1, 0.15) is 46.4 Å². The molecule has 1 aromatic rings. The van der Waals surface area contributed by atoms with Crippen LogP contribution >= 0.6 is 0 Å². The molecule has 92 valence electrons. The normalized spacial score (nSPS) is 14.1. The number of nitrogens with zero attached hydrogens (tertiary/aromatic N) is 3. The van der Waals surface area contributed by atoms with Gasteiger partial charge in [0, 0.05) is 19.0 Å². The Morgan fingerprint density at radius 1 is 1.44 bits per heavy atom. The van der Waals surface area contributed by atoms with Crippen LogP contribution < -0.4 is 5.73 Å². The predicted octanol–water partition coefficient (Wildman–Crippen LogP) is 1.99. The lowest BCUT2D eigenvalue weighted by Gasteiger charge is -2.26. The zero-order valence-electron chi connectivity index (χ0n) is 10.9. The second-order valence-electron chi connectivity index (χ2n) is 5.36. The molecule has 0 spiro atoms. The van der Waals surface area contributed by atoms with Crippen molar-refractivity contribution in [1.82, 2.24) is 14.8 Å². The third-order valence-corrected chi connectivity index (χ3v) is 3.02. The van der Waals surface area contributed by atoms with E-state index in [1.165, 1.54) is 0 Å². The molecule has 0 bridgehead atoms. The molecule has 0 aliphatic rings. The summed E-state index contributed by atoms with van der Waals surface area (Å²) in [7, 11) is 0. The summed E-state index contributed by atoms with van der Waals surface area (Å²) in [5, 5.41) is 4.16. The van der Waals surface area contributed by atoms with E-state index in [1.54, 1.807) is 6.33 Å². The standard InChI is InChI=1S/C12H24N4/c1-5-16-11(14-9-15-16)8-6-7-10(13)12(2,3)4/h9-10H,5-8,13H2,1-4H3. The van der Waals surface area contributed by atoms with Gasteiger partial charge < -0.3 is 5.73 Å². The molecule has 0 fully saturated rings. The SMILES string of the molecule is CCn1ncnc1CCCC(N)C(C)(C)C. The van der Waals surface area contributed by atoms with Crippen LogP contribution in [0.2, 0.25) is 0 Å². The highest BCUT2D eigenvalue weighted by molar-refractivity contribution is 4.86. The van der Waals surface area contributed by atoms with Gasteiger partial charge in [0.1, 0.15) is 12.2 Å². The van der Waals surface area contributed by atoms with Crippen LogP contribution in [0.25, 0.3) is 0 Å². The zero-order chi connectivity index (χ0) is 12.2. The fourth-order valence-corrected chi connectivity index (χ4v) is 1.66. The molecule has 1 unspecified atom stereocenters. The van der Waals surface area contributed by atoms with Crippen molar-refractivity contribution in [2.24, 2.45) is 11.1 Å². The number of rotatable bonds is 5. The largest absolute Gasteiger partial charge is 0.327 e. The average molecular weight is 224 g/mol. The number of hydrogen-bond donors (Lipinski definition) is 1. The van der Waals surface area contributed by atoms with Crippen molar-refractivity contribution in [3.63, 3.8) is 0 Å². The molecule has 0 aliphatic carbocycles. The summed E-state index contributed by atoms with van der Waals surface area (Å²) in [5.41, 5.74) is 6.31. The highest BCUT2D eigenvalue weighted by atomic mass is 15.3. The predicted molar refractivity (Wildman–Crippen MR) is 66.1 cm³/mol. The summed E-state index contributed by atoms with van der Waals surface area (Å²) in [6.45, 7) is 9.53. The minimum atomic E-state index is 0.193. The number of nitrogens with two attached hydrogens (primary N) is 1. The Balaban J connectivity index is 2.36. The highest BCUT2D eigenvalue weighted by Crippen LogP contribution is 2.21. The minimum absolute atomic E-state index is 0.193. The minimum Gasteiger partial charge on any atom is -0.327 e. The molecule has 0 amide bonds. The molecule has 4 nitrogen and oxygen atoms in total. The van der Waals surface area contributed by atoms with Gasteiger partial charge in [-0.2, -0.15) is 5.10 Å². The maximum atomic E-state index is 6.12. The van der Waals surface area contributed by atoms with Gasteiger partial charge in [-0.15, -0.1) is 0 Å². The van der Waals surface area contributed by atoms with Crippen LogP contribution in [0, 0.1) is 5.41 Å². The Morgan fingerprint density at radius 3 is 2.69 bits per heavy atom. The fraction of sp³-hybridized carbons (Fsp3) is 0.833. The van der Waals surface area contributed by atoms with E-state index in [9.17, 15) is 0 Å². The molecule has 16 heavy (non-hydrogen) atoms. The summed E-state index contributed by atoms with van der Waals surface area (Å²) < 4.78 is 1.95. The number of aryl methyl sites for hydroxylation is 2. The van der Waals surface area contributed by atoms with Crippen molar-refractivity contribution in [1.29, 1.82) is 0 Å². The Kier molecular flexibility index (Phi) is 4.47. The average Bonchev–Trinajstić information content (AvgIpc) is 2.63. The maximum absolute atomic E-state index is 6.12.